The van der Waals surface area contributed by atoms with Crippen LogP contribution in [0.2, 0.25) is 0 Å². The summed E-state index contributed by atoms with van der Waals surface area (Å²) in [6.07, 6.45) is 16.3. The smallest absolute Gasteiger partial charge is 0.243 e. The molecule has 0 aliphatic heterocycles. The number of unbranched alkanes of at least 4 members (excludes halogenated alkanes) is 4. The van der Waals surface area contributed by atoms with Crippen LogP contribution in [0.5, 0.6) is 0 Å². The lowest BCUT2D eigenvalue weighted by Crippen LogP contribution is -2.26. The summed E-state index contributed by atoms with van der Waals surface area (Å²) in [4.78, 5) is 11.5. The molecule has 1 unspecified atom stereocenters. The molecule has 2 heteroatoms. The summed E-state index contributed by atoms with van der Waals surface area (Å²) in [7, 11) is 0. The molecule has 110 valence electrons. The first kappa shape index (κ1) is 17.9. The first-order chi connectivity index (χ1) is 9.20. The van der Waals surface area contributed by atoms with Crippen LogP contribution in [0, 0.1) is 5.92 Å². The molecule has 0 aromatic heterocycles. The molecule has 0 saturated heterocycles. The third kappa shape index (κ3) is 13.2. The third-order valence-corrected chi connectivity index (χ3v) is 3.23. The van der Waals surface area contributed by atoms with Gasteiger partial charge in [0.2, 0.25) is 5.91 Å². The molecule has 0 heterocycles. The van der Waals surface area contributed by atoms with E-state index in [0.29, 0.717) is 5.92 Å². The Morgan fingerprint density at radius 3 is 2.42 bits per heavy atom. The number of hydrogen-bond donors (Lipinski definition) is 1. The van der Waals surface area contributed by atoms with Crippen LogP contribution in [0.4, 0.5) is 0 Å². The van der Waals surface area contributed by atoms with Gasteiger partial charge in [-0.25, -0.2) is 0 Å². The number of carbonyl (C=O) groups is 1. The van der Waals surface area contributed by atoms with Crippen molar-refractivity contribution in [3.8, 4) is 0 Å². The van der Waals surface area contributed by atoms with E-state index >= 15 is 0 Å². The SMILES string of the molecule is CCCCC/C=C\CC/C=C/C(=O)NCC(C)CC. The fourth-order valence-electron chi connectivity index (χ4n) is 1.61. The van der Waals surface area contributed by atoms with Crippen LogP contribution in [-0.2, 0) is 4.79 Å². The Kier molecular flexibility index (Phi) is 12.6. The van der Waals surface area contributed by atoms with E-state index in [1.165, 1.54) is 25.7 Å². The predicted octanol–water partition coefficient (Wildman–Crippen LogP) is 4.62. The van der Waals surface area contributed by atoms with Crippen molar-refractivity contribution in [1.29, 1.82) is 0 Å². The van der Waals surface area contributed by atoms with Crippen molar-refractivity contribution in [2.45, 2.75) is 65.7 Å². The van der Waals surface area contributed by atoms with Gasteiger partial charge >= 0.3 is 0 Å². The van der Waals surface area contributed by atoms with E-state index in [1.807, 2.05) is 6.08 Å². The van der Waals surface area contributed by atoms with Gasteiger partial charge in [-0.2, -0.15) is 0 Å². The second-order valence-corrected chi connectivity index (χ2v) is 5.21. The largest absolute Gasteiger partial charge is 0.352 e. The number of rotatable bonds is 11. The monoisotopic (exact) mass is 265 g/mol. The highest BCUT2D eigenvalue weighted by Gasteiger charge is 1.99. The van der Waals surface area contributed by atoms with E-state index in [4.69, 9.17) is 0 Å². The van der Waals surface area contributed by atoms with Gasteiger partial charge in [0.25, 0.3) is 0 Å². The van der Waals surface area contributed by atoms with Crippen molar-refractivity contribution in [3.63, 3.8) is 0 Å². The van der Waals surface area contributed by atoms with Crippen molar-refractivity contribution >= 4 is 5.91 Å². The standard InChI is InChI=1S/C17H31NO/c1-4-6-7-8-9-10-11-12-13-14-17(19)18-15-16(3)5-2/h9-10,13-14,16H,4-8,11-12,15H2,1-3H3,(H,18,19)/b10-9-,14-13+. The van der Waals surface area contributed by atoms with Crippen LogP contribution in [0.1, 0.15) is 65.7 Å². The number of hydrogen-bond acceptors (Lipinski definition) is 1. The molecule has 0 spiro atoms. The van der Waals surface area contributed by atoms with E-state index in [9.17, 15) is 4.79 Å². The van der Waals surface area contributed by atoms with E-state index < -0.39 is 0 Å². The fourth-order valence-corrected chi connectivity index (χ4v) is 1.61. The number of allylic oxidation sites excluding steroid dienone is 3. The van der Waals surface area contributed by atoms with Crippen LogP contribution in [0.15, 0.2) is 24.3 Å². The Morgan fingerprint density at radius 1 is 1.05 bits per heavy atom. The van der Waals surface area contributed by atoms with Crippen LogP contribution < -0.4 is 5.32 Å². The Bertz CT molecular complexity index is 268. The number of carbonyl (C=O) groups excluding carboxylic acids is 1. The average Bonchev–Trinajstić information content (AvgIpc) is 2.42. The van der Waals surface area contributed by atoms with Gasteiger partial charge in [-0.1, -0.05) is 58.3 Å². The van der Waals surface area contributed by atoms with Crippen molar-refractivity contribution in [2.24, 2.45) is 5.92 Å². The lowest BCUT2D eigenvalue weighted by Gasteiger charge is -2.07. The molecule has 0 aliphatic carbocycles. The molecule has 0 aromatic rings. The van der Waals surface area contributed by atoms with Crippen molar-refractivity contribution in [2.75, 3.05) is 6.54 Å². The predicted molar refractivity (Wildman–Crippen MR) is 84.1 cm³/mol. The van der Waals surface area contributed by atoms with Gasteiger partial charge in [0.1, 0.15) is 0 Å². The van der Waals surface area contributed by atoms with Gasteiger partial charge in [0, 0.05) is 6.54 Å². The molecule has 0 radical (unpaired) electrons. The molecule has 19 heavy (non-hydrogen) atoms. The minimum atomic E-state index is 0.0345. The summed E-state index contributed by atoms with van der Waals surface area (Å²) < 4.78 is 0. The van der Waals surface area contributed by atoms with Gasteiger partial charge in [-0.05, 0) is 37.7 Å². The van der Waals surface area contributed by atoms with Gasteiger partial charge in [-0.3, -0.25) is 4.79 Å². The Hall–Kier alpha value is -1.05. The molecule has 0 rings (SSSR count). The molecule has 0 saturated carbocycles. The molecule has 0 fully saturated rings. The zero-order chi connectivity index (χ0) is 14.3. The highest BCUT2D eigenvalue weighted by atomic mass is 16.1. The van der Waals surface area contributed by atoms with E-state index in [1.54, 1.807) is 6.08 Å². The van der Waals surface area contributed by atoms with E-state index in [2.05, 4.69) is 38.2 Å². The molecular weight excluding hydrogens is 234 g/mol. The first-order valence-corrected chi connectivity index (χ1v) is 7.80. The lowest BCUT2D eigenvalue weighted by atomic mass is 10.1. The molecular formula is C17H31NO. The summed E-state index contributed by atoms with van der Waals surface area (Å²) >= 11 is 0. The minimum absolute atomic E-state index is 0.0345. The topological polar surface area (TPSA) is 29.1 Å². The average molecular weight is 265 g/mol. The molecule has 1 N–H and O–H groups in total. The Morgan fingerprint density at radius 2 is 1.74 bits per heavy atom. The zero-order valence-corrected chi connectivity index (χ0v) is 13.0. The van der Waals surface area contributed by atoms with Gasteiger partial charge < -0.3 is 5.32 Å². The maximum atomic E-state index is 11.5. The summed E-state index contributed by atoms with van der Waals surface area (Å²) in [5, 5.41) is 2.91. The molecule has 1 atom stereocenters. The fraction of sp³-hybridized carbons (Fsp3) is 0.706. The maximum absolute atomic E-state index is 11.5. The van der Waals surface area contributed by atoms with Crippen LogP contribution in [0.3, 0.4) is 0 Å². The summed E-state index contributed by atoms with van der Waals surface area (Å²) in [5.41, 5.74) is 0. The van der Waals surface area contributed by atoms with E-state index in [-0.39, 0.29) is 5.91 Å². The third-order valence-electron chi connectivity index (χ3n) is 3.23. The van der Waals surface area contributed by atoms with Crippen LogP contribution >= 0.6 is 0 Å². The highest BCUT2D eigenvalue weighted by molar-refractivity contribution is 5.87. The minimum Gasteiger partial charge on any atom is -0.352 e. The molecule has 2 nitrogen and oxygen atoms in total. The Labute approximate surface area is 119 Å². The van der Waals surface area contributed by atoms with Gasteiger partial charge in [-0.15, -0.1) is 0 Å². The second kappa shape index (κ2) is 13.4. The van der Waals surface area contributed by atoms with Gasteiger partial charge in [0.15, 0.2) is 0 Å². The van der Waals surface area contributed by atoms with Crippen molar-refractivity contribution < 1.29 is 4.79 Å². The van der Waals surface area contributed by atoms with Crippen molar-refractivity contribution in [3.05, 3.63) is 24.3 Å². The zero-order valence-electron chi connectivity index (χ0n) is 13.0. The molecule has 0 aromatic carbocycles. The second-order valence-electron chi connectivity index (χ2n) is 5.21. The summed E-state index contributed by atoms with van der Waals surface area (Å²) in [6.45, 7) is 7.28. The lowest BCUT2D eigenvalue weighted by molar-refractivity contribution is -0.116. The molecule has 0 aliphatic rings. The Balaban J connectivity index is 3.49. The molecule has 1 amide bonds. The first-order valence-electron chi connectivity index (χ1n) is 7.80. The van der Waals surface area contributed by atoms with Gasteiger partial charge in [0.05, 0.1) is 0 Å². The van der Waals surface area contributed by atoms with Crippen LogP contribution in [0.25, 0.3) is 0 Å². The van der Waals surface area contributed by atoms with Crippen LogP contribution in [-0.4, -0.2) is 12.5 Å². The number of nitrogens with one attached hydrogen (secondary N) is 1. The quantitative estimate of drug-likeness (QED) is 0.329. The normalized spacial score (nSPS) is 13.2. The summed E-state index contributed by atoms with van der Waals surface area (Å²) in [6, 6.07) is 0. The van der Waals surface area contributed by atoms with Crippen molar-refractivity contribution in [1.82, 2.24) is 5.32 Å². The molecule has 0 bridgehead atoms. The summed E-state index contributed by atoms with van der Waals surface area (Å²) in [5.74, 6) is 0.593. The highest BCUT2D eigenvalue weighted by Crippen LogP contribution is 2.01. The number of amides is 1. The maximum Gasteiger partial charge on any atom is 0.243 e. The van der Waals surface area contributed by atoms with E-state index in [0.717, 1.165) is 25.8 Å².